The quantitative estimate of drug-likeness (QED) is 0.186. The standard InChI is InChI=1S/C43H30N2/c1-3-32-33-16-7-9-19-36(33)43(42(32)44-28(2)29-24-26-31(27-25-29)30-14-5-4-6-15-30)37-20-10-12-23-40(37)45-39-22-11-8-17-34(39)35-18-13-21-38(43)41(35)45/h3-27H,1H2,2H3/b44-28+. The predicted octanol–water partition coefficient (Wildman–Crippen LogP) is 10.5. The van der Waals surface area contributed by atoms with Gasteiger partial charge in [-0.05, 0) is 58.0 Å². The Balaban J connectivity index is 1.35. The van der Waals surface area contributed by atoms with Crippen molar-refractivity contribution in [3.05, 3.63) is 192 Å². The molecule has 0 radical (unpaired) electrons. The van der Waals surface area contributed by atoms with E-state index >= 15 is 0 Å². The Kier molecular flexibility index (Phi) is 5.51. The zero-order valence-electron chi connectivity index (χ0n) is 25.0. The summed E-state index contributed by atoms with van der Waals surface area (Å²) >= 11 is 0. The molecule has 0 N–H and O–H groups in total. The summed E-state index contributed by atoms with van der Waals surface area (Å²) in [5.74, 6) is 0. The Hall–Kier alpha value is -5.73. The lowest BCUT2D eigenvalue weighted by atomic mass is 9.66. The first-order valence-electron chi connectivity index (χ1n) is 15.5. The number of rotatable bonds is 4. The highest BCUT2D eigenvalue weighted by molar-refractivity contribution is 6.13. The second kappa shape index (κ2) is 9.64. The van der Waals surface area contributed by atoms with Crippen molar-refractivity contribution in [2.45, 2.75) is 12.3 Å². The summed E-state index contributed by atoms with van der Waals surface area (Å²) in [7, 11) is 0. The van der Waals surface area contributed by atoms with E-state index in [2.05, 4.69) is 164 Å². The molecule has 0 bridgehead atoms. The van der Waals surface area contributed by atoms with Crippen LogP contribution in [0.25, 0.3) is 44.2 Å². The average Bonchev–Trinajstić information content (AvgIpc) is 3.59. The summed E-state index contributed by atoms with van der Waals surface area (Å²) in [6, 6.07) is 52.6. The molecular formula is C43H30N2. The second-order valence-electron chi connectivity index (χ2n) is 12.0. The molecule has 2 heteroatoms. The van der Waals surface area contributed by atoms with Crippen LogP contribution >= 0.6 is 0 Å². The van der Waals surface area contributed by atoms with Crippen molar-refractivity contribution in [3.8, 4) is 16.8 Å². The van der Waals surface area contributed by atoms with Gasteiger partial charge < -0.3 is 4.57 Å². The van der Waals surface area contributed by atoms with Crippen LogP contribution in [0.4, 0.5) is 0 Å². The maximum absolute atomic E-state index is 5.62. The van der Waals surface area contributed by atoms with Crippen molar-refractivity contribution in [1.29, 1.82) is 0 Å². The monoisotopic (exact) mass is 574 g/mol. The van der Waals surface area contributed by atoms with Crippen LogP contribution in [-0.2, 0) is 5.41 Å². The largest absolute Gasteiger partial charge is 0.309 e. The predicted molar refractivity (Wildman–Crippen MR) is 188 cm³/mol. The molecule has 6 aromatic carbocycles. The first-order valence-corrected chi connectivity index (χ1v) is 15.5. The SMILES string of the molecule is C=CC1=C(/N=C(\C)c2ccc(-c3ccccc3)cc2)C2(c3ccccc31)c1ccccc1-n1c3ccccc3c3cccc2c31. The van der Waals surface area contributed by atoms with E-state index in [9.17, 15) is 0 Å². The van der Waals surface area contributed by atoms with Crippen LogP contribution < -0.4 is 0 Å². The van der Waals surface area contributed by atoms with Crippen molar-refractivity contribution in [2.75, 3.05) is 0 Å². The molecule has 1 aliphatic heterocycles. The topological polar surface area (TPSA) is 17.3 Å². The molecule has 1 unspecified atom stereocenters. The fraction of sp³-hybridized carbons (Fsp3) is 0.0465. The van der Waals surface area contributed by atoms with E-state index in [0.29, 0.717) is 0 Å². The molecule has 9 rings (SSSR count). The average molecular weight is 575 g/mol. The highest BCUT2D eigenvalue weighted by atomic mass is 15.0. The van der Waals surface area contributed by atoms with Crippen molar-refractivity contribution < 1.29 is 0 Å². The molecule has 0 fully saturated rings. The highest BCUT2D eigenvalue weighted by Gasteiger charge is 2.52. The van der Waals surface area contributed by atoms with Crippen LogP contribution in [0, 0.1) is 0 Å². The van der Waals surface area contributed by atoms with E-state index in [1.54, 1.807) is 0 Å². The molecule has 1 aromatic heterocycles. The molecule has 45 heavy (non-hydrogen) atoms. The molecule has 0 saturated heterocycles. The van der Waals surface area contributed by atoms with Crippen LogP contribution in [0.2, 0.25) is 0 Å². The van der Waals surface area contributed by atoms with E-state index in [-0.39, 0.29) is 0 Å². The molecule has 2 aliphatic rings. The van der Waals surface area contributed by atoms with Gasteiger partial charge in [-0.2, -0.15) is 0 Å². The van der Waals surface area contributed by atoms with Gasteiger partial charge in [0.15, 0.2) is 0 Å². The van der Waals surface area contributed by atoms with Gasteiger partial charge in [0.2, 0.25) is 0 Å². The number of fused-ring (bicyclic) bond motifs is 9. The molecule has 0 amide bonds. The number of aliphatic imine (C=N–C) groups is 1. The second-order valence-corrected chi connectivity index (χ2v) is 12.0. The summed E-state index contributed by atoms with van der Waals surface area (Å²) in [6.45, 7) is 6.48. The maximum Gasteiger partial charge on any atom is 0.0926 e. The minimum Gasteiger partial charge on any atom is -0.309 e. The van der Waals surface area contributed by atoms with E-state index in [4.69, 9.17) is 4.99 Å². The first-order chi connectivity index (χ1) is 22.2. The molecule has 212 valence electrons. The van der Waals surface area contributed by atoms with E-state index < -0.39 is 5.41 Å². The van der Waals surface area contributed by atoms with Gasteiger partial charge in [-0.15, -0.1) is 0 Å². The Labute approximate surface area is 263 Å². The lowest BCUT2D eigenvalue weighted by molar-refractivity contribution is 0.718. The van der Waals surface area contributed by atoms with Gasteiger partial charge in [-0.3, -0.25) is 4.99 Å². The van der Waals surface area contributed by atoms with E-state index in [1.165, 1.54) is 60.9 Å². The molecule has 7 aromatic rings. The minimum absolute atomic E-state index is 0.605. The fourth-order valence-corrected chi connectivity index (χ4v) is 7.87. The number of benzene rings is 6. The number of allylic oxidation sites excluding steroid dienone is 3. The maximum atomic E-state index is 5.62. The molecular weight excluding hydrogens is 544 g/mol. The van der Waals surface area contributed by atoms with E-state index in [1.807, 2.05) is 6.08 Å². The van der Waals surface area contributed by atoms with Crippen LogP contribution in [-0.4, -0.2) is 10.3 Å². The van der Waals surface area contributed by atoms with E-state index in [0.717, 1.165) is 22.5 Å². The Morgan fingerprint density at radius 3 is 2.09 bits per heavy atom. The van der Waals surface area contributed by atoms with Gasteiger partial charge in [0.1, 0.15) is 0 Å². The van der Waals surface area contributed by atoms with Gasteiger partial charge in [-0.25, -0.2) is 0 Å². The summed E-state index contributed by atoms with van der Waals surface area (Å²) in [6.07, 6.45) is 2.01. The minimum atomic E-state index is -0.605. The Bertz CT molecular complexity index is 2390. The van der Waals surface area contributed by atoms with Crippen LogP contribution in [0.5, 0.6) is 0 Å². The number of nitrogens with zero attached hydrogens (tertiary/aromatic N) is 2. The molecule has 2 nitrogen and oxygen atoms in total. The van der Waals surface area contributed by atoms with Crippen molar-refractivity contribution in [2.24, 2.45) is 4.99 Å². The number of hydrogen-bond donors (Lipinski definition) is 0. The lowest BCUT2D eigenvalue weighted by Crippen LogP contribution is -2.34. The number of para-hydroxylation sites is 3. The van der Waals surface area contributed by atoms with Crippen molar-refractivity contribution in [3.63, 3.8) is 0 Å². The molecule has 2 heterocycles. The van der Waals surface area contributed by atoms with Crippen molar-refractivity contribution >= 4 is 33.1 Å². The van der Waals surface area contributed by atoms with Gasteiger partial charge in [0.25, 0.3) is 0 Å². The fourth-order valence-electron chi connectivity index (χ4n) is 7.87. The van der Waals surface area contributed by atoms with Crippen LogP contribution in [0.3, 0.4) is 0 Å². The zero-order chi connectivity index (χ0) is 30.1. The smallest absolute Gasteiger partial charge is 0.0926 e. The zero-order valence-corrected chi connectivity index (χ0v) is 25.0. The Morgan fingerprint density at radius 1 is 0.622 bits per heavy atom. The number of hydrogen-bond acceptors (Lipinski definition) is 1. The normalized spacial score (nSPS) is 16.8. The van der Waals surface area contributed by atoms with Crippen molar-refractivity contribution in [1.82, 2.24) is 4.57 Å². The molecule has 1 aliphatic carbocycles. The van der Waals surface area contributed by atoms with Crippen LogP contribution in [0.1, 0.15) is 34.7 Å². The number of aromatic nitrogens is 1. The third-order valence-electron chi connectivity index (χ3n) is 9.77. The Morgan fingerprint density at radius 2 is 1.27 bits per heavy atom. The molecule has 0 saturated carbocycles. The third kappa shape index (κ3) is 3.42. The summed E-state index contributed by atoms with van der Waals surface area (Å²) in [5, 5.41) is 2.53. The van der Waals surface area contributed by atoms with Gasteiger partial charge in [0, 0.05) is 22.1 Å². The molecule has 1 atom stereocenters. The highest BCUT2D eigenvalue weighted by Crippen LogP contribution is 2.60. The third-order valence-corrected chi connectivity index (χ3v) is 9.77. The lowest BCUT2D eigenvalue weighted by Gasteiger charge is -2.39. The van der Waals surface area contributed by atoms with Crippen LogP contribution in [0.15, 0.2) is 169 Å². The summed E-state index contributed by atoms with van der Waals surface area (Å²) in [5.41, 5.74) is 14.6. The van der Waals surface area contributed by atoms with Gasteiger partial charge in [0.05, 0.1) is 27.8 Å². The van der Waals surface area contributed by atoms with Gasteiger partial charge in [-0.1, -0.05) is 146 Å². The summed E-state index contributed by atoms with van der Waals surface area (Å²) < 4.78 is 2.46. The first kappa shape index (κ1) is 25.7. The van der Waals surface area contributed by atoms with Gasteiger partial charge >= 0.3 is 0 Å². The molecule has 1 spiro atoms. The summed E-state index contributed by atoms with van der Waals surface area (Å²) in [4.78, 5) is 5.62.